The van der Waals surface area contributed by atoms with Gasteiger partial charge < -0.3 is 15.0 Å². The largest absolute Gasteiger partial charge is 0.374 e. The summed E-state index contributed by atoms with van der Waals surface area (Å²) in [4.78, 5) is 6.62. The highest BCUT2D eigenvalue weighted by Gasteiger charge is 2.21. The average molecular weight is 309 g/mol. The molecule has 1 aliphatic heterocycles. The van der Waals surface area contributed by atoms with Crippen molar-refractivity contribution in [3.05, 3.63) is 35.1 Å². The highest BCUT2D eigenvalue weighted by molar-refractivity contribution is 6.33. The van der Waals surface area contributed by atoms with Crippen molar-refractivity contribution in [2.24, 2.45) is 5.73 Å². The van der Waals surface area contributed by atoms with Crippen LogP contribution in [0.1, 0.15) is 5.82 Å². The van der Waals surface area contributed by atoms with Gasteiger partial charge in [-0.1, -0.05) is 28.9 Å². The normalized spacial score (nSPS) is 19.8. The first-order valence-electron chi connectivity index (χ1n) is 6.88. The summed E-state index contributed by atoms with van der Waals surface area (Å²) in [5, 5.41) is 4.62. The number of nitrogens with two attached hydrogens (primary N) is 1. The Morgan fingerprint density at radius 1 is 1.38 bits per heavy atom. The van der Waals surface area contributed by atoms with Crippen LogP contribution in [0.4, 0.5) is 0 Å². The third-order valence-corrected chi connectivity index (χ3v) is 3.75. The monoisotopic (exact) mass is 308 g/mol. The summed E-state index contributed by atoms with van der Waals surface area (Å²) in [7, 11) is 0. The van der Waals surface area contributed by atoms with Gasteiger partial charge in [0, 0.05) is 19.6 Å². The lowest BCUT2D eigenvalue weighted by atomic mass is 10.2. The lowest BCUT2D eigenvalue weighted by molar-refractivity contribution is -0.0269. The van der Waals surface area contributed by atoms with Crippen molar-refractivity contribution >= 4 is 11.6 Å². The number of benzene rings is 1. The Morgan fingerprint density at radius 3 is 3.05 bits per heavy atom. The molecule has 112 valence electrons. The molecule has 6 nitrogen and oxygen atoms in total. The maximum Gasteiger partial charge on any atom is 0.259 e. The predicted molar refractivity (Wildman–Crippen MR) is 78.8 cm³/mol. The number of rotatable bonds is 4. The van der Waals surface area contributed by atoms with Crippen molar-refractivity contribution in [3.8, 4) is 11.5 Å². The third kappa shape index (κ3) is 3.41. The van der Waals surface area contributed by atoms with Gasteiger partial charge in [0.15, 0.2) is 5.82 Å². The fourth-order valence-corrected chi connectivity index (χ4v) is 2.55. The summed E-state index contributed by atoms with van der Waals surface area (Å²) in [6.45, 7) is 3.44. The van der Waals surface area contributed by atoms with Crippen molar-refractivity contribution in [3.63, 3.8) is 0 Å². The van der Waals surface area contributed by atoms with Crippen LogP contribution in [0.15, 0.2) is 28.8 Å². The van der Waals surface area contributed by atoms with Crippen LogP contribution < -0.4 is 5.73 Å². The van der Waals surface area contributed by atoms with Crippen LogP contribution in [0.3, 0.4) is 0 Å². The van der Waals surface area contributed by atoms with Crippen LogP contribution in [0.25, 0.3) is 11.5 Å². The molecular formula is C14H17ClN4O2. The Hall–Kier alpha value is -1.47. The van der Waals surface area contributed by atoms with Crippen molar-refractivity contribution in [2.75, 3.05) is 26.2 Å². The van der Waals surface area contributed by atoms with E-state index in [2.05, 4.69) is 15.0 Å². The first-order chi connectivity index (χ1) is 10.3. The van der Waals surface area contributed by atoms with Crippen molar-refractivity contribution in [1.29, 1.82) is 0 Å². The van der Waals surface area contributed by atoms with E-state index in [0.717, 1.165) is 18.7 Å². The molecule has 0 amide bonds. The van der Waals surface area contributed by atoms with Crippen molar-refractivity contribution < 1.29 is 9.26 Å². The van der Waals surface area contributed by atoms with E-state index in [9.17, 15) is 0 Å². The SMILES string of the molecule is NCC1CN(Cc2noc(-c3ccccc3Cl)n2)CCO1. The number of aromatic nitrogens is 2. The summed E-state index contributed by atoms with van der Waals surface area (Å²) < 4.78 is 10.8. The van der Waals surface area contributed by atoms with E-state index in [0.29, 0.717) is 36.4 Å². The third-order valence-electron chi connectivity index (χ3n) is 3.42. The fourth-order valence-electron chi connectivity index (χ4n) is 2.33. The highest BCUT2D eigenvalue weighted by atomic mass is 35.5. The van der Waals surface area contributed by atoms with Gasteiger partial charge in [0.25, 0.3) is 5.89 Å². The van der Waals surface area contributed by atoms with Gasteiger partial charge in [-0.05, 0) is 12.1 Å². The molecule has 1 atom stereocenters. The standard InChI is InChI=1S/C14H17ClN4O2/c15-12-4-2-1-3-11(12)14-17-13(18-21-14)9-19-5-6-20-10(7-16)8-19/h1-4,10H,5-9,16H2. The minimum absolute atomic E-state index is 0.0775. The second-order valence-corrected chi connectivity index (χ2v) is 5.37. The Kier molecular flexibility index (Phi) is 4.50. The maximum atomic E-state index is 6.13. The number of hydrogen-bond donors (Lipinski definition) is 1. The lowest BCUT2D eigenvalue weighted by Crippen LogP contribution is -2.45. The van der Waals surface area contributed by atoms with Gasteiger partial charge in [0.05, 0.1) is 29.8 Å². The summed E-state index contributed by atoms with van der Waals surface area (Å²) in [6, 6.07) is 7.41. The zero-order valence-electron chi connectivity index (χ0n) is 11.5. The molecule has 2 aromatic rings. The number of morpholine rings is 1. The molecule has 1 aliphatic rings. The van der Waals surface area contributed by atoms with Crippen molar-refractivity contribution in [1.82, 2.24) is 15.0 Å². The zero-order chi connectivity index (χ0) is 14.7. The molecule has 3 rings (SSSR count). The highest BCUT2D eigenvalue weighted by Crippen LogP contribution is 2.26. The van der Waals surface area contributed by atoms with E-state index in [1.807, 2.05) is 18.2 Å². The van der Waals surface area contributed by atoms with Gasteiger partial charge in [-0.15, -0.1) is 0 Å². The Morgan fingerprint density at radius 2 is 2.24 bits per heavy atom. The van der Waals surface area contributed by atoms with E-state index in [1.54, 1.807) is 6.07 Å². The quantitative estimate of drug-likeness (QED) is 0.923. The molecule has 7 heteroatoms. The second kappa shape index (κ2) is 6.53. The lowest BCUT2D eigenvalue weighted by Gasteiger charge is -2.31. The molecule has 2 heterocycles. The smallest absolute Gasteiger partial charge is 0.259 e. The topological polar surface area (TPSA) is 77.4 Å². The molecule has 0 spiro atoms. The Bertz CT molecular complexity index is 604. The van der Waals surface area contributed by atoms with Crippen LogP contribution >= 0.6 is 11.6 Å². The molecule has 0 aliphatic carbocycles. The summed E-state index contributed by atoms with van der Waals surface area (Å²) >= 11 is 6.13. The number of hydrogen-bond acceptors (Lipinski definition) is 6. The molecule has 1 saturated heterocycles. The summed E-state index contributed by atoms with van der Waals surface area (Å²) in [5.41, 5.74) is 6.39. The minimum atomic E-state index is 0.0775. The molecule has 1 unspecified atom stereocenters. The fraction of sp³-hybridized carbons (Fsp3) is 0.429. The maximum absolute atomic E-state index is 6.13. The van der Waals surface area contributed by atoms with Crippen molar-refractivity contribution in [2.45, 2.75) is 12.6 Å². The van der Waals surface area contributed by atoms with Gasteiger partial charge in [-0.2, -0.15) is 4.98 Å². The number of halogens is 1. The molecule has 2 N–H and O–H groups in total. The van der Waals surface area contributed by atoms with Gasteiger partial charge in [0.1, 0.15) is 0 Å². The van der Waals surface area contributed by atoms with E-state index in [-0.39, 0.29) is 6.10 Å². The van der Waals surface area contributed by atoms with Gasteiger partial charge in [0.2, 0.25) is 0 Å². The Balaban J connectivity index is 1.69. The van der Waals surface area contributed by atoms with Crippen LogP contribution in [-0.2, 0) is 11.3 Å². The van der Waals surface area contributed by atoms with E-state index >= 15 is 0 Å². The minimum Gasteiger partial charge on any atom is -0.374 e. The van der Waals surface area contributed by atoms with Gasteiger partial charge >= 0.3 is 0 Å². The van der Waals surface area contributed by atoms with E-state index in [1.165, 1.54) is 0 Å². The molecule has 0 saturated carbocycles. The van der Waals surface area contributed by atoms with Gasteiger partial charge in [-0.3, -0.25) is 4.90 Å². The predicted octanol–water partition coefficient (Wildman–Crippen LogP) is 1.55. The Labute approximate surface area is 127 Å². The molecule has 21 heavy (non-hydrogen) atoms. The molecule has 0 bridgehead atoms. The first-order valence-corrected chi connectivity index (χ1v) is 7.25. The average Bonchev–Trinajstić information content (AvgIpc) is 2.96. The van der Waals surface area contributed by atoms with Crippen LogP contribution in [-0.4, -0.2) is 47.4 Å². The van der Waals surface area contributed by atoms with Crippen LogP contribution in [0.2, 0.25) is 5.02 Å². The van der Waals surface area contributed by atoms with Gasteiger partial charge in [-0.25, -0.2) is 0 Å². The van der Waals surface area contributed by atoms with Crippen LogP contribution in [0.5, 0.6) is 0 Å². The zero-order valence-corrected chi connectivity index (χ0v) is 12.3. The van der Waals surface area contributed by atoms with E-state index in [4.69, 9.17) is 26.6 Å². The second-order valence-electron chi connectivity index (χ2n) is 4.96. The summed E-state index contributed by atoms with van der Waals surface area (Å²) in [5.74, 6) is 1.09. The van der Waals surface area contributed by atoms with E-state index < -0.39 is 0 Å². The molecule has 0 radical (unpaired) electrons. The molecular weight excluding hydrogens is 292 g/mol. The number of nitrogens with zero attached hydrogens (tertiary/aromatic N) is 3. The molecule has 1 aromatic carbocycles. The molecule has 1 aromatic heterocycles. The van der Waals surface area contributed by atoms with Crippen LogP contribution in [0, 0.1) is 0 Å². The first kappa shape index (κ1) is 14.5. The molecule has 1 fully saturated rings. The summed E-state index contributed by atoms with van der Waals surface area (Å²) in [6.07, 6.45) is 0.0775. The number of ether oxygens (including phenoxy) is 1.